The van der Waals surface area contributed by atoms with Crippen LogP contribution < -0.4 is 16.4 Å². The first-order chi connectivity index (χ1) is 15.4. The molecule has 2 fully saturated rings. The second-order valence-electron chi connectivity index (χ2n) is 8.26. The summed E-state index contributed by atoms with van der Waals surface area (Å²) < 4.78 is 9.11. The van der Waals surface area contributed by atoms with Crippen LogP contribution in [0.15, 0.2) is 24.8 Å². The van der Waals surface area contributed by atoms with Crippen LogP contribution in [0.3, 0.4) is 0 Å². The van der Waals surface area contributed by atoms with Crippen LogP contribution in [0.25, 0.3) is 22.3 Å². The molecule has 2 aliphatic heterocycles. The smallest absolute Gasteiger partial charge is 0.252 e. The van der Waals surface area contributed by atoms with E-state index in [1.54, 1.807) is 28.7 Å². The van der Waals surface area contributed by atoms with Gasteiger partial charge < -0.3 is 35.9 Å². The predicted molar refractivity (Wildman–Crippen MR) is 114 cm³/mol. The molecule has 3 aromatic rings. The van der Waals surface area contributed by atoms with E-state index in [1.807, 2.05) is 6.07 Å². The van der Waals surface area contributed by atoms with E-state index in [0.717, 1.165) is 19.4 Å². The molecule has 12 heteroatoms. The molecule has 5 rings (SSSR count). The molecule has 0 saturated carbocycles. The van der Waals surface area contributed by atoms with E-state index in [4.69, 9.17) is 10.5 Å². The second-order valence-corrected chi connectivity index (χ2v) is 8.26. The molecule has 12 nitrogen and oxygen atoms in total. The molecule has 0 aliphatic carbocycles. The van der Waals surface area contributed by atoms with Crippen LogP contribution in [0.5, 0.6) is 0 Å². The lowest BCUT2D eigenvalue weighted by atomic mass is 10.1. The van der Waals surface area contributed by atoms with Crippen LogP contribution in [0.1, 0.15) is 19.1 Å². The SMILES string of the molecule is Cn1ccc(-c2cn([C@@H]3O[C@H](C(=O)N[C@H]4CCCNC4)[C@@H](O)[C@H]3O)c3ncnc(N)c23)n1. The maximum absolute atomic E-state index is 12.8. The molecule has 0 spiro atoms. The Kier molecular flexibility index (Phi) is 5.29. The first-order valence-corrected chi connectivity index (χ1v) is 10.6. The van der Waals surface area contributed by atoms with E-state index in [1.165, 1.54) is 6.33 Å². The van der Waals surface area contributed by atoms with E-state index in [0.29, 0.717) is 28.8 Å². The lowest BCUT2D eigenvalue weighted by molar-refractivity contribution is -0.138. The van der Waals surface area contributed by atoms with Gasteiger partial charge in [0.25, 0.3) is 5.91 Å². The van der Waals surface area contributed by atoms with E-state index < -0.39 is 30.4 Å². The Hall–Kier alpha value is -3.06. The number of hydrogen-bond acceptors (Lipinski definition) is 9. The summed E-state index contributed by atoms with van der Waals surface area (Å²) in [5, 5.41) is 32.5. The third kappa shape index (κ3) is 3.50. The summed E-state index contributed by atoms with van der Waals surface area (Å²) in [5.74, 6) is -0.204. The molecule has 0 aromatic carbocycles. The number of nitrogens with two attached hydrogens (primary N) is 1. The number of anilines is 1. The van der Waals surface area contributed by atoms with Gasteiger partial charge in [0.05, 0.1) is 11.1 Å². The van der Waals surface area contributed by atoms with Gasteiger partial charge in [-0.15, -0.1) is 0 Å². The van der Waals surface area contributed by atoms with Crippen LogP contribution in [-0.4, -0.2) is 77.9 Å². The number of aryl methyl sites for hydroxylation is 1. The molecule has 1 amide bonds. The number of fused-ring (bicyclic) bond motifs is 1. The summed E-state index contributed by atoms with van der Waals surface area (Å²) in [6.45, 7) is 1.58. The molecular weight excluding hydrogens is 416 g/mol. The third-order valence-electron chi connectivity index (χ3n) is 6.04. The summed E-state index contributed by atoms with van der Waals surface area (Å²) in [6.07, 6.45) is 1.61. The van der Waals surface area contributed by atoms with Gasteiger partial charge in [-0.2, -0.15) is 5.10 Å². The standard InChI is InChI=1S/C20H26N8O4/c1-27-6-4-12(26-27)11-8-28(18-13(11)17(21)23-9-24-18)20-15(30)14(29)16(32-20)19(31)25-10-3-2-5-22-7-10/h4,6,8-10,14-16,20,22,29-30H,2-3,5,7H2,1H3,(H,25,31)(H2,21,23,24)/t10-,14-,15+,16-,20+/m0/s1. The summed E-state index contributed by atoms with van der Waals surface area (Å²) in [7, 11) is 1.80. The highest BCUT2D eigenvalue weighted by Gasteiger charge is 2.48. The summed E-state index contributed by atoms with van der Waals surface area (Å²) >= 11 is 0. The van der Waals surface area contributed by atoms with Crippen molar-refractivity contribution in [1.82, 2.24) is 34.9 Å². The number of aromatic nitrogens is 5. The fourth-order valence-electron chi connectivity index (χ4n) is 4.42. The van der Waals surface area contributed by atoms with Gasteiger partial charge in [-0.25, -0.2) is 9.97 Å². The topological polar surface area (TPSA) is 165 Å². The van der Waals surface area contributed by atoms with Gasteiger partial charge in [0.1, 0.15) is 30.0 Å². The number of piperidine rings is 1. The molecule has 5 atom stereocenters. The van der Waals surface area contributed by atoms with Crippen molar-refractivity contribution in [2.45, 2.75) is 43.4 Å². The number of nitrogens with one attached hydrogen (secondary N) is 2. The molecule has 5 heterocycles. The maximum Gasteiger partial charge on any atom is 0.252 e. The molecule has 0 radical (unpaired) electrons. The van der Waals surface area contributed by atoms with Crippen molar-refractivity contribution in [3.63, 3.8) is 0 Å². The number of hydrogen-bond donors (Lipinski definition) is 5. The van der Waals surface area contributed by atoms with Crippen LogP contribution in [-0.2, 0) is 16.6 Å². The minimum Gasteiger partial charge on any atom is -0.387 e. The van der Waals surface area contributed by atoms with E-state index in [9.17, 15) is 15.0 Å². The molecule has 6 N–H and O–H groups in total. The summed E-state index contributed by atoms with van der Waals surface area (Å²) in [5.41, 5.74) is 7.84. The fraction of sp³-hybridized carbons (Fsp3) is 0.500. The number of nitrogens with zero attached hydrogens (tertiary/aromatic N) is 5. The fourth-order valence-corrected chi connectivity index (χ4v) is 4.42. The molecular formula is C20H26N8O4. The van der Waals surface area contributed by atoms with Crippen molar-refractivity contribution >= 4 is 22.8 Å². The molecule has 0 bridgehead atoms. The van der Waals surface area contributed by atoms with Crippen molar-refractivity contribution in [2.75, 3.05) is 18.8 Å². The van der Waals surface area contributed by atoms with Crippen LogP contribution in [0.2, 0.25) is 0 Å². The summed E-state index contributed by atoms with van der Waals surface area (Å²) in [6, 6.07) is 1.78. The molecule has 2 saturated heterocycles. The Morgan fingerprint density at radius 2 is 2.19 bits per heavy atom. The maximum atomic E-state index is 12.8. The van der Waals surface area contributed by atoms with Crippen molar-refractivity contribution in [2.24, 2.45) is 7.05 Å². The van der Waals surface area contributed by atoms with Crippen LogP contribution in [0, 0.1) is 0 Å². The Bertz CT molecular complexity index is 1140. The van der Waals surface area contributed by atoms with Crippen LogP contribution >= 0.6 is 0 Å². The first kappa shape index (κ1) is 20.8. The van der Waals surface area contributed by atoms with Gasteiger partial charge >= 0.3 is 0 Å². The number of rotatable bonds is 4. The zero-order valence-corrected chi connectivity index (χ0v) is 17.5. The number of carbonyl (C=O) groups excluding carboxylic acids is 1. The van der Waals surface area contributed by atoms with Gasteiger partial charge in [-0.3, -0.25) is 9.48 Å². The molecule has 170 valence electrons. The highest BCUT2D eigenvalue weighted by molar-refractivity contribution is 5.99. The highest BCUT2D eigenvalue weighted by Crippen LogP contribution is 2.37. The van der Waals surface area contributed by atoms with Crippen molar-refractivity contribution in [3.05, 3.63) is 24.8 Å². The van der Waals surface area contributed by atoms with Crippen molar-refractivity contribution in [1.29, 1.82) is 0 Å². The molecule has 3 aromatic heterocycles. The van der Waals surface area contributed by atoms with Crippen molar-refractivity contribution < 1.29 is 19.7 Å². The van der Waals surface area contributed by atoms with Crippen molar-refractivity contribution in [3.8, 4) is 11.3 Å². The lowest BCUT2D eigenvalue weighted by Crippen LogP contribution is -2.51. The Morgan fingerprint density at radius 1 is 1.34 bits per heavy atom. The number of ether oxygens (including phenoxy) is 1. The number of amides is 1. The lowest BCUT2D eigenvalue weighted by Gasteiger charge is -2.25. The Labute approximate surface area is 183 Å². The number of aliphatic hydroxyl groups excluding tert-OH is 2. The number of carbonyl (C=O) groups is 1. The quantitative estimate of drug-likeness (QED) is 0.337. The van der Waals surface area contributed by atoms with Gasteiger partial charge in [0.15, 0.2) is 12.3 Å². The molecule has 32 heavy (non-hydrogen) atoms. The molecule has 0 unspecified atom stereocenters. The first-order valence-electron chi connectivity index (χ1n) is 10.6. The second kappa shape index (κ2) is 8.13. The minimum absolute atomic E-state index is 0.0426. The normalized spacial score (nSPS) is 28.3. The van der Waals surface area contributed by atoms with Gasteiger partial charge in [0, 0.05) is 37.6 Å². The summed E-state index contributed by atoms with van der Waals surface area (Å²) in [4.78, 5) is 21.2. The minimum atomic E-state index is -1.40. The largest absolute Gasteiger partial charge is 0.387 e. The Balaban J connectivity index is 1.47. The molecule has 2 aliphatic rings. The highest BCUT2D eigenvalue weighted by atomic mass is 16.6. The van der Waals surface area contributed by atoms with Gasteiger partial charge in [-0.05, 0) is 25.5 Å². The number of aliphatic hydroxyl groups is 2. The van der Waals surface area contributed by atoms with Crippen LogP contribution in [0.4, 0.5) is 5.82 Å². The average molecular weight is 442 g/mol. The Morgan fingerprint density at radius 3 is 2.91 bits per heavy atom. The third-order valence-corrected chi connectivity index (χ3v) is 6.04. The van der Waals surface area contributed by atoms with Gasteiger partial charge in [0.2, 0.25) is 0 Å². The monoisotopic (exact) mass is 442 g/mol. The predicted octanol–water partition coefficient (Wildman–Crippen LogP) is -1.10. The van der Waals surface area contributed by atoms with E-state index in [-0.39, 0.29) is 11.9 Å². The van der Waals surface area contributed by atoms with E-state index in [2.05, 4.69) is 25.7 Å². The van der Waals surface area contributed by atoms with Gasteiger partial charge in [-0.1, -0.05) is 0 Å². The number of nitrogen functional groups attached to an aromatic ring is 1. The van der Waals surface area contributed by atoms with E-state index >= 15 is 0 Å². The zero-order valence-electron chi connectivity index (χ0n) is 17.5. The zero-order chi connectivity index (χ0) is 22.4. The average Bonchev–Trinajstić information content (AvgIpc) is 3.46.